The molecule has 4 bridgehead atoms. The number of rotatable bonds is 2. The van der Waals surface area contributed by atoms with Crippen molar-refractivity contribution in [3.05, 3.63) is 235 Å². The van der Waals surface area contributed by atoms with Crippen LogP contribution in [0.1, 0.15) is 30.5 Å². The van der Waals surface area contributed by atoms with Crippen LogP contribution in [0.25, 0.3) is 66.8 Å². The number of hydrogen-bond acceptors (Lipinski definition) is 2. The summed E-state index contributed by atoms with van der Waals surface area (Å²) in [6.45, 7) is 6.99. The highest BCUT2D eigenvalue weighted by Gasteiger charge is 2.46. The lowest BCUT2D eigenvalue weighted by molar-refractivity contribution is 0.641. The Morgan fingerprint density at radius 1 is 0.313 bits per heavy atom. The summed E-state index contributed by atoms with van der Waals surface area (Å²) in [5, 5.41) is 0. The highest BCUT2D eigenvalue weighted by molar-refractivity contribution is 7.00. The van der Waals surface area contributed by atoms with Crippen molar-refractivity contribution in [3.8, 4) is 66.8 Å². The fourth-order valence-corrected chi connectivity index (χ4v) is 12.0. The number of para-hydroxylation sites is 2. The van der Waals surface area contributed by atoms with E-state index < -0.39 is 0 Å². The molecule has 0 atom stereocenters. The molecule has 2 nitrogen and oxygen atoms in total. The number of aryl methyl sites for hydroxylation is 1. The molecule has 314 valence electrons. The monoisotopic (exact) mass is 852 g/mol. The van der Waals surface area contributed by atoms with Gasteiger partial charge < -0.3 is 9.80 Å². The standard InChI is InChI=1S/C64H45BN2/c1-40-29-34-55-59(35-40)66(57-27-15-13-19-45(57)41-17-5-4-6-18-41)61-36-44-37-62-63(61)65(55)56-38-53-51-25-11-9-23-49(51)47-21-7-8-22-48(47)50-24-10-12-26-52(50)54(53)39-60(56)67(62)58-28-16-14-20-46(58)42-30-32-43(33-31-42)64(44,2)3/h4-39H,1-3H3. The topological polar surface area (TPSA) is 6.48 Å². The molecular formula is C64H45BN2. The van der Waals surface area contributed by atoms with E-state index in [0.717, 1.165) is 0 Å². The molecule has 0 aromatic heterocycles. The van der Waals surface area contributed by atoms with Gasteiger partial charge in [0.15, 0.2) is 0 Å². The minimum absolute atomic E-state index is 0.0554. The number of benzene rings is 10. The minimum Gasteiger partial charge on any atom is -0.311 e. The Labute approximate surface area is 393 Å². The van der Waals surface area contributed by atoms with Gasteiger partial charge in [0.05, 0.1) is 11.4 Å². The van der Waals surface area contributed by atoms with Crippen molar-refractivity contribution in [2.75, 3.05) is 9.80 Å². The summed E-state index contributed by atoms with van der Waals surface area (Å²) in [6.07, 6.45) is 0. The lowest BCUT2D eigenvalue weighted by Crippen LogP contribution is -2.61. The van der Waals surface area contributed by atoms with Gasteiger partial charge in [-0.15, -0.1) is 0 Å². The van der Waals surface area contributed by atoms with E-state index in [2.05, 4.69) is 249 Å². The molecule has 10 aromatic rings. The molecule has 10 aromatic carbocycles. The molecule has 5 aliphatic rings. The van der Waals surface area contributed by atoms with E-state index in [1.54, 1.807) is 0 Å². The maximum absolute atomic E-state index is 2.64. The van der Waals surface area contributed by atoms with Gasteiger partial charge in [0.25, 0.3) is 6.71 Å². The first-order chi connectivity index (χ1) is 32.9. The van der Waals surface area contributed by atoms with Crippen LogP contribution in [0.2, 0.25) is 0 Å². The summed E-state index contributed by atoms with van der Waals surface area (Å²) in [4.78, 5) is 5.24. The Hall–Kier alpha value is -8.14. The van der Waals surface area contributed by atoms with E-state index in [1.165, 1.54) is 134 Å². The molecule has 0 unspecified atom stereocenters. The van der Waals surface area contributed by atoms with Crippen molar-refractivity contribution in [3.63, 3.8) is 0 Å². The lowest BCUT2D eigenvalue weighted by atomic mass is 9.33. The van der Waals surface area contributed by atoms with Gasteiger partial charge in [0.2, 0.25) is 0 Å². The Morgan fingerprint density at radius 3 is 1.28 bits per heavy atom. The highest BCUT2D eigenvalue weighted by Crippen LogP contribution is 2.54. The third-order valence-corrected chi connectivity index (χ3v) is 15.3. The van der Waals surface area contributed by atoms with Crippen molar-refractivity contribution in [2.24, 2.45) is 0 Å². The molecule has 0 saturated heterocycles. The smallest absolute Gasteiger partial charge is 0.252 e. The Morgan fingerprint density at radius 2 is 0.746 bits per heavy atom. The summed E-state index contributed by atoms with van der Waals surface area (Å²) in [7, 11) is 0. The third-order valence-electron chi connectivity index (χ3n) is 15.3. The van der Waals surface area contributed by atoms with Crippen LogP contribution in [0.3, 0.4) is 0 Å². The van der Waals surface area contributed by atoms with Crippen molar-refractivity contribution in [1.82, 2.24) is 0 Å². The second-order valence-corrected chi connectivity index (χ2v) is 19.3. The summed E-state index contributed by atoms with van der Waals surface area (Å²) in [5.41, 5.74) is 29.5. The largest absolute Gasteiger partial charge is 0.311 e. The zero-order valence-corrected chi connectivity index (χ0v) is 37.8. The van der Waals surface area contributed by atoms with Crippen molar-refractivity contribution in [1.29, 1.82) is 0 Å². The highest BCUT2D eigenvalue weighted by atomic mass is 15.2. The molecule has 67 heavy (non-hydrogen) atoms. The second kappa shape index (κ2) is 14.2. The number of anilines is 6. The molecule has 0 N–H and O–H groups in total. The first-order valence-electron chi connectivity index (χ1n) is 23.6. The van der Waals surface area contributed by atoms with Gasteiger partial charge in [-0.05, 0) is 132 Å². The molecule has 15 rings (SSSR count). The first kappa shape index (κ1) is 38.2. The van der Waals surface area contributed by atoms with E-state index in [0.29, 0.717) is 0 Å². The molecule has 0 amide bonds. The summed E-state index contributed by atoms with van der Waals surface area (Å²) in [6, 6.07) is 82.8. The summed E-state index contributed by atoms with van der Waals surface area (Å²) >= 11 is 0. The zero-order valence-electron chi connectivity index (χ0n) is 37.8. The number of hydrogen-bond donors (Lipinski definition) is 0. The Balaban J connectivity index is 1.16. The molecule has 0 radical (unpaired) electrons. The van der Waals surface area contributed by atoms with Crippen LogP contribution in [-0.4, -0.2) is 6.71 Å². The fourth-order valence-electron chi connectivity index (χ4n) is 12.0. The minimum atomic E-state index is -0.318. The third kappa shape index (κ3) is 5.46. The number of nitrogens with zero attached hydrogens (tertiary/aromatic N) is 2. The van der Waals surface area contributed by atoms with Gasteiger partial charge in [-0.1, -0.05) is 196 Å². The van der Waals surface area contributed by atoms with Crippen LogP contribution in [0.4, 0.5) is 34.1 Å². The molecule has 4 aliphatic heterocycles. The van der Waals surface area contributed by atoms with E-state index in [-0.39, 0.29) is 12.1 Å². The summed E-state index contributed by atoms with van der Waals surface area (Å²) < 4.78 is 0. The van der Waals surface area contributed by atoms with Gasteiger partial charge >= 0.3 is 0 Å². The molecule has 4 heterocycles. The molecule has 0 fully saturated rings. The quantitative estimate of drug-likeness (QED) is 0.160. The molecule has 0 saturated carbocycles. The second-order valence-electron chi connectivity index (χ2n) is 19.3. The maximum atomic E-state index is 2.64. The van der Waals surface area contributed by atoms with Crippen molar-refractivity contribution < 1.29 is 0 Å². The average Bonchev–Trinajstić information content (AvgIpc) is 3.39. The Bertz CT molecular complexity index is 3700. The van der Waals surface area contributed by atoms with Gasteiger partial charge in [0, 0.05) is 39.3 Å². The lowest BCUT2D eigenvalue weighted by Gasteiger charge is -2.46. The van der Waals surface area contributed by atoms with Crippen LogP contribution in [0.15, 0.2) is 218 Å². The van der Waals surface area contributed by atoms with Gasteiger partial charge in [-0.3, -0.25) is 0 Å². The fraction of sp³-hybridized carbons (Fsp3) is 0.0625. The molecule has 3 heteroatoms. The summed E-state index contributed by atoms with van der Waals surface area (Å²) in [5.74, 6) is 0. The van der Waals surface area contributed by atoms with Gasteiger partial charge in [-0.2, -0.15) is 0 Å². The van der Waals surface area contributed by atoms with Crippen LogP contribution in [-0.2, 0) is 5.41 Å². The van der Waals surface area contributed by atoms with Crippen LogP contribution in [0, 0.1) is 6.92 Å². The van der Waals surface area contributed by atoms with Gasteiger partial charge in [0.1, 0.15) is 0 Å². The maximum Gasteiger partial charge on any atom is 0.252 e. The zero-order chi connectivity index (χ0) is 44.5. The normalized spacial score (nSPS) is 13.9. The SMILES string of the molecule is Cc1ccc2c(c1)N(c1ccccc1-c1ccccc1)c1cc3cc4c1B2c1cc2c(cc1N4c1ccccc1-c1ccc(cc1)C3(C)C)-c1ccccc1-c1ccccc1-c1ccccc1-2. The first-order valence-corrected chi connectivity index (χ1v) is 23.6. The van der Waals surface area contributed by atoms with Crippen LogP contribution < -0.4 is 26.2 Å². The van der Waals surface area contributed by atoms with E-state index >= 15 is 0 Å². The predicted octanol–water partition coefficient (Wildman–Crippen LogP) is 15.0. The average molecular weight is 853 g/mol. The Kier molecular flexibility index (Phi) is 8.08. The molecular weight excluding hydrogens is 808 g/mol. The van der Waals surface area contributed by atoms with E-state index in [4.69, 9.17) is 0 Å². The predicted molar refractivity (Wildman–Crippen MR) is 284 cm³/mol. The van der Waals surface area contributed by atoms with E-state index in [9.17, 15) is 0 Å². The molecule has 1 aliphatic carbocycles. The van der Waals surface area contributed by atoms with E-state index in [1.807, 2.05) is 0 Å². The molecule has 0 spiro atoms. The number of fused-ring (bicyclic) bond motifs is 14. The van der Waals surface area contributed by atoms with Crippen LogP contribution in [0.5, 0.6) is 0 Å². The van der Waals surface area contributed by atoms with Gasteiger partial charge in [-0.25, -0.2) is 0 Å². The van der Waals surface area contributed by atoms with Crippen molar-refractivity contribution in [2.45, 2.75) is 26.2 Å². The van der Waals surface area contributed by atoms with Crippen LogP contribution >= 0.6 is 0 Å². The van der Waals surface area contributed by atoms with Crippen molar-refractivity contribution >= 4 is 57.2 Å².